The van der Waals surface area contributed by atoms with Crippen LogP contribution in [0.1, 0.15) is 12.0 Å². The summed E-state index contributed by atoms with van der Waals surface area (Å²) >= 11 is 5.66. The van der Waals surface area contributed by atoms with E-state index in [1.807, 2.05) is 19.2 Å². The van der Waals surface area contributed by atoms with Crippen LogP contribution in [0.15, 0.2) is 18.2 Å². The lowest BCUT2D eigenvalue weighted by Gasteiger charge is -2.19. The molecule has 3 nitrogen and oxygen atoms in total. The van der Waals surface area contributed by atoms with Crippen LogP contribution >= 0.6 is 11.6 Å². The largest absolute Gasteiger partial charge is 0.375 e. The van der Waals surface area contributed by atoms with Crippen molar-refractivity contribution in [1.82, 2.24) is 0 Å². The van der Waals surface area contributed by atoms with E-state index in [1.165, 1.54) is 0 Å². The van der Waals surface area contributed by atoms with E-state index in [2.05, 4.69) is 16.3 Å². The molecule has 1 amide bonds. The molecule has 1 heterocycles. The molecule has 0 saturated heterocycles. The van der Waals surface area contributed by atoms with Gasteiger partial charge in [0.15, 0.2) is 0 Å². The van der Waals surface area contributed by atoms with Gasteiger partial charge >= 0.3 is 0 Å². The molecule has 0 atom stereocenters. The SMILES string of the molecule is CN(CCCCl)c1ccc2c(c1)CC(=O)N2. The van der Waals surface area contributed by atoms with E-state index in [0.29, 0.717) is 12.3 Å². The first-order chi connectivity index (χ1) is 7.70. The maximum Gasteiger partial charge on any atom is 0.228 e. The maximum absolute atomic E-state index is 11.2. The molecule has 1 N–H and O–H groups in total. The number of alkyl halides is 1. The lowest BCUT2D eigenvalue weighted by molar-refractivity contribution is -0.115. The summed E-state index contributed by atoms with van der Waals surface area (Å²) in [4.78, 5) is 13.4. The molecule has 86 valence electrons. The molecule has 0 aliphatic carbocycles. The Morgan fingerprint density at radius 3 is 3.06 bits per heavy atom. The van der Waals surface area contributed by atoms with Gasteiger partial charge < -0.3 is 10.2 Å². The standard InChI is InChI=1S/C12H15ClN2O/c1-15(6-2-5-13)10-3-4-11-9(7-10)8-12(16)14-11/h3-4,7H,2,5-6,8H2,1H3,(H,14,16). The number of fused-ring (bicyclic) bond motifs is 1. The second-order valence-electron chi connectivity index (χ2n) is 4.03. The van der Waals surface area contributed by atoms with Crippen molar-refractivity contribution in [1.29, 1.82) is 0 Å². The van der Waals surface area contributed by atoms with E-state index in [1.54, 1.807) is 0 Å². The molecule has 0 unspecified atom stereocenters. The van der Waals surface area contributed by atoms with Gasteiger partial charge in [-0.2, -0.15) is 0 Å². The molecule has 4 heteroatoms. The number of amides is 1. The molecular formula is C12H15ClN2O. The lowest BCUT2D eigenvalue weighted by atomic mass is 10.1. The normalized spacial score (nSPS) is 13.5. The number of benzene rings is 1. The summed E-state index contributed by atoms with van der Waals surface area (Å²) in [6, 6.07) is 6.06. The summed E-state index contributed by atoms with van der Waals surface area (Å²) in [5.41, 5.74) is 3.17. The Morgan fingerprint density at radius 1 is 1.50 bits per heavy atom. The van der Waals surface area contributed by atoms with Crippen LogP contribution in [-0.2, 0) is 11.2 Å². The number of hydrogen-bond acceptors (Lipinski definition) is 2. The van der Waals surface area contributed by atoms with Crippen LogP contribution in [0.2, 0.25) is 0 Å². The molecule has 1 aromatic carbocycles. The molecule has 1 aliphatic heterocycles. The fourth-order valence-electron chi connectivity index (χ4n) is 1.88. The fourth-order valence-corrected chi connectivity index (χ4v) is 2.00. The minimum absolute atomic E-state index is 0.0792. The third-order valence-corrected chi connectivity index (χ3v) is 3.05. The second kappa shape index (κ2) is 4.74. The predicted molar refractivity (Wildman–Crippen MR) is 67.4 cm³/mol. The van der Waals surface area contributed by atoms with Crippen LogP contribution < -0.4 is 10.2 Å². The van der Waals surface area contributed by atoms with E-state index in [4.69, 9.17) is 11.6 Å². The molecule has 0 spiro atoms. The molecule has 0 bridgehead atoms. The predicted octanol–water partition coefficient (Wildman–Crippen LogP) is 2.25. The Balaban J connectivity index is 2.12. The van der Waals surface area contributed by atoms with Crippen molar-refractivity contribution in [2.75, 3.05) is 29.7 Å². The quantitative estimate of drug-likeness (QED) is 0.816. The highest BCUT2D eigenvalue weighted by Crippen LogP contribution is 2.27. The van der Waals surface area contributed by atoms with Gasteiger partial charge in [-0.25, -0.2) is 0 Å². The van der Waals surface area contributed by atoms with Crippen LogP contribution in [0.5, 0.6) is 0 Å². The van der Waals surface area contributed by atoms with Crippen molar-refractivity contribution in [2.24, 2.45) is 0 Å². The van der Waals surface area contributed by atoms with E-state index in [0.717, 1.165) is 29.9 Å². The van der Waals surface area contributed by atoms with E-state index in [9.17, 15) is 4.79 Å². The second-order valence-corrected chi connectivity index (χ2v) is 4.41. The number of halogens is 1. The van der Waals surface area contributed by atoms with Crippen LogP contribution in [0.3, 0.4) is 0 Å². The monoisotopic (exact) mass is 238 g/mol. The van der Waals surface area contributed by atoms with Crippen LogP contribution in [0.25, 0.3) is 0 Å². The van der Waals surface area contributed by atoms with Gasteiger partial charge in [0.2, 0.25) is 5.91 Å². The fraction of sp³-hybridized carbons (Fsp3) is 0.417. The van der Waals surface area contributed by atoms with Crippen LogP contribution in [0, 0.1) is 0 Å². The third kappa shape index (κ3) is 2.30. The molecular weight excluding hydrogens is 224 g/mol. The Hall–Kier alpha value is -1.22. The maximum atomic E-state index is 11.2. The Labute approximate surface area is 100 Å². The van der Waals surface area contributed by atoms with Crippen LogP contribution in [-0.4, -0.2) is 25.4 Å². The molecule has 0 radical (unpaired) electrons. The Kier molecular flexibility index (Phi) is 3.34. The highest BCUT2D eigenvalue weighted by Gasteiger charge is 2.17. The summed E-state index contributed by atoms with van der Waals surface area (Å²) in [5.74, 6) is 0.755. The highest BCUT2D eigenvalue weighted by molar-refractivity contribution is 6.17. The summed E-state index contributed by atoms with van der Waals surface area (Å²) in [6.07, 6.45) is 1.46. The molecule has 0 fully saturated rings. The minimum atomic E-state index is 0.0792. The van der Waals surface area contributed by atoms with Crippen molar-refractivity contribution in [2.45, 2.75) is 12.8 Å². The summed E-state index contributed by atoms with van der Waals surface area (Å²) in [6.45, 7) is 0.934. The summed E-state index contributed by atoms with van der Waals surface area (Å²) in [7, 11) is 2.04. The first kappa shape index (κ1) is 11.3. The number of hydrogen-bond donors (Lipinski definition) is 1. The lowest BCUT2D eigenvalue weighted by Crippen LogP contribution is -2.18. The van der Waals surface area contributed by atoms with Crippen molar-refractivity contribution in [3.63, 3.8) is 0 Å². The number of nitrogens with zero attached hydrogens (tertiary/aromatic N) is 1. The highest BCUT2D eigenvalue weighted by atomic mass is 35.5. The zero-order valence-electron chi connectivity index (χ0n) is 9.29. The third-order valence-electron chi connectivity index (χ3n) is 2.78. The smallest absolute Gasteiger partial charge is 0.228 e. The van der Waals surface area contributed by atoms with Gasteiger partial charge in [0, 0.05) is 30.8 Å². The van der Waals surface area contributed by atoms with Crippen molar-refractivity contribution in [3.8, 4) is 0 Å². The number of anilines is 2. The van der Waals surface area contributed by atoms with Crippen LogP contribution in [0.4, 0.5) is 11.4 Å². The Morgan fingerprint density at radius 2 is 2.31 bits per heavy atom. The zero-order chi connectivity index (χ0) is 11.5. The molecule has 1 aromatic rings. The van der Waals surface area contributed by atoms with E-state index in [-0.39, 0.29) is 5.91 Å². The molecule has 16 heavy (non-hydrogen) atoms. The van der Waals surface area contributed by atoms with Gasteiger partial charge in [-0.15, -0.1) is 11.6 Å². The molecule has 0 saturated carbocycles. The topological polar surface area (TPSA) is 32.3 Å². The van der Waals surface area contributed by atoms with Gasteiger partial charge in [-0.3, -0.25) is 4.79 Å². The zero-order valence-corrected chi connectivity index (χ0v) is 10.0. The number of carbonyl (C=O) groups excluding carboxylic acids is 1. The van der Waals surface area contributed by atoms with Crippen molar-refractivity contribution < 1.29 is 4.79 Å². The van der Waals surface area contributed by atoms with Crippen molar-refractivity contribution in [3.05, 3.63) is 23.8 Å². The molecule has 1 aliphatic rings. The van der Waals surface area contributed by atoms with E-state index >= 15 is 0 Å². The van der Waals surface area contributed by atoms with E-state index < -0.39 is 0 Å². The van der Waals surface area contributed by atoms with Gasteiger partial charge in [0.05, 0.1) is 6.42 Å². The van der Waals surface area contributed by atoms with Gasteiger partial charge in [0.1, 0.15) is 0 Å². The number of rotatable bonds is 4. The average molecular weight is 239 g/mol. The molecule has 0 aromatic heterocycles. The number of carbonyl (C=O) groups is 1. The summed E-state index contributed by atoms with van der Waals surface area (Å²) in [5, 5.41) is 2.83. The Bertz CT molecular complexity index is 406. The minimum Gasteiger partial charge on any atom is -0.375 e. The van der Waals surface area contributed by atoms with Crippen molar-refractivity contribution >= 4 is 28.9 Å². The van der Waals surface area contributed by atoms with Gasteiger partial charge in [-0.1, -0.05) is 0 Å². The average Bonchev–Trinajstić information content (AvgIpc) is 2.64. The van der Waals surface area contributed by atoms with Gasteiger partial charge in [0.25, 0.3) is 0 Å². The molecule has 2 rings (SSSR count). The first-order valence-electron chi connectivity index (χ1n) is 5.40. The van der Waals surface area contributed by atoms with Gasteiger partial charge in [-0.05, 0) is 30.2 Å². The summed E-state index contributed by atoms with van der Waals surface area (Å²) < 4.78 is 0. The number of nitrogens with one attached hydrogen (secondary N) is 1. The first-order valence-corrected chi connectivity index (χ1v) is 5.94.